The van der Waals surface area contributed by atoms with E-state index in [1.807, 2.05) is 19.2 Å². The number of nitrogens with zero attached hydrogens (tertiary/aromatic N) is 3. The predicted octanol–water partition coefficient (Wildman–Crippen LogP) is 2.35. The van der Waals surface area contributed by atoms with Gasteiger partial charge in [0.05, 0.1) is 0 Å². The van der Waals surface area contributed by atoms with Crippen molar-refractivity contribution in [2.75, 3.05) is 5.32 Å². The molecule has 6 N–H and O–H groups in total. The Morgan fingerprint density at radius 3 is 2.63 bits per heavy atom. The Morgan fingerprint density at radius 1 is 1.26 bits per heavy atom. The van der Waals surface area contributed by atoms with Gasteiger partial charge in [0, 0.05) is 36.6 Å². The number of hydrogen-bond donors (Lipinski definition) is 4. The minimum absolute atomic E-state index is 0.0818. The summed E-state index contributed by atoms with van der Waals surface area (Å²) in [6, 6.07) is -0.122. The maximum absolute atomic E-state index is 12.4. The first-order valence-corrected chi connectivity index (χ1v) is 8.02. The lowest BCUT2D eigenvalue weighted by atomic mass is 10.1. The second-order valence-corrected chi connectivity index (χ2v) is 6.13. The van der Waals surface area contributed by atoms with Gasteiger partial charge in [-0.05, 0) is 35.8 Å². The van der Waals surface area contributed by atoms with Crippen molar-refractivity contribution in [3.63, 3.8) is 0 Å². The van der Waals surface area contributed by atoms with Gasteiger partial charge in [0.1, 0.15) is 17.5 Å². The number of nitrogens with one attached hydrogen (secondary N) is 2. The first-order chi connectivity index (χ1) is 12.7. The summed E-state index contributed by atoms with van der Waals surface area (Å²) in [6.07, 6.45) is 3.50. The third-order valence-corrected chi connectivity index (χ3v) is 3.85. The third-order valence-electron chi connectivity index (χ3n) is 3.85. The van der Waals surface area contributed by atoms with Gasteiger partial charge < -0.3 is 21.8 Å². The van der Waals surface area contributed by atoms with E-state index in [4.69, 9.17) is 11.5 Å². The van der Waals surface area contributed by atoms with Gasteiger partial charge in [0.15, 0.2) is 0 Å². The van der Waals surface area contributed by atoms with Crippen LogP contribution in [0.1, 0.15) is 16.7 Å². The van der Waals surface area contributed by atoms with Crippen molar-refractivity contribution in [1.29, 1.82) is 0 Å². The molecule has 0 aliphatic carbocycles. The van der Waals surface area contributed by atoms with Crippen LogP contribution in [0.5, 0.6) is 0 Å². The maximum Gasteiger partial charge on any atom is 0.407 e. The highest BCUT2D eigenvalue weighted by Gasteiger charge is 2.35. The second kappa shape index (κ2) is 7.23. The van der Waals surface area contributed by atoms with E-state index < -0.39 is 12.2 Å². The molecule has 10 heteroatoms. The Balaban J connectivity index is 1.70. The van der Waals surface area contributed by atoms with Crippen LogP contribution in [0, 0.1) is 6.92 Å². The summed E-state index contributed by atoms with van der Waals surface area (Å²) in [6.45, 7) is 1.97. The lowest BCUT2D eigenvalue weighted by Gasteiger charge is -2.13. The van der Waals surface area contributed by atoms with Crippen molar-refractivity contribution in [3.8, 4) is 0 Å². The molecule has 0 bridgehead atoms. The molecule has 3 aromatic rings. The van der Waals surface area contributed by atoms with Crippen LogP contribution in [0.4, 0.5) is 19.1 Å². The Kier molecular flexibility index (Phi) is 5.00. The van der Waals surface area contributed by atoms with Gasteiger partial charge in [-0.15, -0.1) is 0 Å². The smallest absolute Gasteiger partial charge is 0.385 e. The van der Waals surface area contributed by atoms with E-state index in [2.05, 4.69) is 25.3 Å². The number of aromatic amines is 1. The van der Waals surface area contributed by atoms with Crippen molar-refractivity contribution in [2.45, 2.75) is 25.6 Å². The summed E-state index contributed by atoms with van der Waals surface area (Å²) in [7, 11) is 0. The zero-order valence-electron chi connectivity index (χ0n) is 14.4. The molecule has 3 heterocycles. The van der Waals surface area contributed by atoms with Gasteiger partial charge in [0.25, 0.3) is 0 Å². The summed E-state index contributed by atoms with van der Waals surface area (Å²) >= 11 is 0. The molecule has 0 amide bonds. The van der Waals surface area contributed by atoms with Crippen LogP contribution in [0.3, 0.4) is 0 Å². The number of nitrogens with two attached hydrogens (primary N) is 2. The Hall–Kier alpha value is -3.14. The van der Waals surface area contributed by atoms with Gasteiger partial charge in [-0.25, -0.2) is 15.0 Å². The Labute approximate surface area is 152 Å². The minimum atomic E-state index is -4.57. The van der Waals surface area contributed by atoms with Crippen LogP contribution >= 0.6 is 0 Å². The number of halogens is 3. The molecular formula is C17H18F3N7. The highest BCUT2D eigenvalue weighted by molar-refractivity contribution is 5.80. The Bertz CT molecular complexity index is 961. The van der Waals surface area contributed by atoms with Crippen LogP contribution < -0.4 is 16.8 Å². The van der Waals surface area contributed by atoms with Crippen LogP contribution in [0.25, 0.3) is 11.0 Å². The molecule has 3 rings (SSSR count). The lowest BCUT2D eigenvalue weighted by molar-refractivity contribution is -0.137. The number of aryl methyl sites for hydroxylation is 1. The van der Waals surface area contributed by atoms with Gasteiger partial charge in [-0.1, -0.05) is 0 Å². The molecule has 0 saturated heterocycles. The molecule has 0 aromatic carbocycles. The third kappa shape index (κ3) is 4.53. The van der Waals surface area contributed by atoms with Crippen molar-refractivity contribution >= 4 is 17.0 Å². The fourth-order valence-corrected chi connectivity index (χ4v) is 2.50. The molecule has 27 heavy (non-hydrogen) atoms. The molecule has 0 spiro atoms. The number of alkyl halides is 3. The van der Waals surface area contributed by atoms with E-state index in [9.17, 15) is 13.2 Å². The van der Waals surface area contributed by atoms with Crippen LogP contribution in [-0.4, -0.2) is 32.2 Å². The number of anilines is 1. The van der Waals surface area contributed by atoms with Crippen molar-refractivity contribution in [3.05, 3.63) is 59.4 Å². The molecule has 142 valence electrons. The SMILES string of the molecule is Cc1cnc2[nH]cc(Cc3cnc(N/C(N)=C/C(N)C(F)(F)F)nc3)c2c1. The number of fused-ring (bicyclic) bond motifs is 1. The number of aromatic nitrogens is 4. The average Bonchev–Trinajstić information content (AvgIpc) is 2.98. The van der Waals surface area contributed by atoms with E-state index in [-0.39, 0.29) is 11.8 Å². The predicted molar refractivity (Wildman–Crippen MR) is 95.6 cm³/mol. The summed E-state index contributed by atoms with van der Waals surface area (Å²) in [5, 5.41) is 3.51. The standard InChI is InChI=1S/C17H18F3N7/c1-9-2-12-11(8-24-15(12)23-5-9)3-10-6-25-16(26-7-10)27-14(22)4-13(21)17(18,19)20/h2,4-8,13H,3,21-22H2,1H3,(H,23,24)(H,25,26,27)/b14-4+. The second-order valence-electron chi connectivity index (χ2n) is 6.13. The molecule has 1 unspecified atom stereocenters. The molecule has 0 saturated carbocycles. The molecule has 3 aromatic heterocycles. The first-order valence-electron chi connectivity index (χ1n) is 8.02. The highest BCUT2D eigenvalue weighted by atomic mass is 19.4. The zero-order chi connectivity index (χ0) is 19.6. The van der Waals surface area contributed by atoms with E-state index in [1.54, 1.807) is 18.6 Å². The summed E-state index contributed by atoms with van der Waals surface area (Å²) in [5.41, 5.74) is 14.2. The molecular weight excluding hydrogens is 359 g/mol. The molecule has 7 nitrogen and oxygen atoms in total. The number of H-pyrrole nitrogens is 1. The van der Waals surface area contributed by atoms with Gasteiger partial charge in [0.2, 0.25) is 5.95 Å². The number of hydrogen-bond acceptors (Lipinski definition) is 6. The van der Waals surface area contributed by atoms with Gasteiger partial charge in [-0.2, -0.15) is 13.2 Å². The van der Waals surface area contributed by atoms with E-state index >= 15 is 0 Å². The average molecular weight is 377 g/mol. The number of pyridine rings is 1. The summed E-state index contributed by atoms with van der Waals surface area (Å²) in [4.78, 5) is 15.6. The van der Waals surface area contributed by atoms with Gasteiger partial charge >= 0.3 is 6.18 Å². The van der Waals surface area contributed by atoms with Gasteiger partial charge in [-0.3, -0.25) is 0 Å². The van der Waals surface area contributed by atoms with Crippen LogP contribution in [0.15, 0.2) is 42.8 Å². The van der Waals surface area contributed by atoms with Crippen molar-refractivity contribution in [2.24, 2.45) is 11.5 Å². The zero-order valence-corrected chi connectivity index (χ0v) is 14.4. The fourth-order valence-electron chi connectivity index (χ4n) is 2.50. The molecule has 0 aliphatic heterocycles. The fraction of sp³-hybridized carbons (Fsp3) is 0.235. The quantitative estimate of drug-likeness (QED) is 0.542. The van der Waals surface area contributed by atoms with E-state index in [0.717, 1.165) is 27.7 Å². The summed E-state index contributed by atoms with van der Waals surface area (Å²) < 4.78 is 37.3. The van der Waals surface area contributed by atoms with E-state index in [1.165, 1.54) is 0 Å². The largest absolute Gasteiger partial charge is 0.407 e. The Morgan fingerprint density at radius 2 is 1.96 bits per heavy atom. The normalized spacial score (nSPS) is 13.7. The van der Waals surface area contributed by atoms with Crippen molar-refractivity contribution in [1.82, 2.24) is 19.9 Å². The minimum Gasteiger partial charge on any atom is -0.385 e. The molecule has 1 atom stereocenters. The molecule has 0 aliphatic rings. The molecule has 0 radical (unpaired) electrons. The van der Waals surface area contributed by atoms with Crippen molar-refractivity contribution < 1.29 is 13.2 Å². The lowest BCUT2D eigenvalue weighted by Crippen LogP contribution is -2.36. The van der Waals surface area contributed by atoms with Crippen LogP contribution in [0.2, 0.25) is 0 Å². The monoisotopic (exact) mass is 377 g/mol. The van der Waals surface area contributed by atoms with E-state index in [0.29, 0.717) is 12.5 Å². The van der Waals surface area contributed by atoms with Crippen LogP contribution in [-0.2, 0) is 6.42 Å². The number of rotatable bonds is 5. The first kappa shape index (κ1) is 18.6. The summed E-state index contributed by atoms with van der Waals surface area (Å²) in [5.74, 6) is -0.191. The highest BCUT2D eigenvalue weighted by Crippen LogP contribution is 2.21. The topological polar surface area (TPSA) is 119 Å². The molecule has 0 fully saturated rings. The maximum atomic E-state index is 12.4.